The Hall–Kier alpha value is -0.820. The van der Waals surface area contributed by atoms with Crippen LogP contribution in [0.2, 0.25) is 0 Å². The Balaban J connectivity index is 2.43. The third kappa shape index (κ3) is 2.55. The number of nitrogens with two attached hydrogens (primary N) is 1. The second kappa shape index (κ2) is 4.45. The minimum absolute atomic E-state index is 0.233. The Morgan fingerprint density at radius 2 is 2.00 bits per heavy atom. The highest BCUT2D eigenvalue weighted by Gasteiger charge is 2.25. The first kappa shape index (κ1) is 12.6. The van der Waals surface area contributed by atoms with E-state index in [1.165, 1.54) is 29.5 Å². The maximum Gasteiger partial charge on any atom is -0.000803 e. The monoisotopic (exact) mass is 231 g/mol. The third-order valence-corrected chi connectivity index (χ3v) is 3.99. The molecule has 0 radical (unpaired) electrons. The molecule has 1 nitrogen and oxygen atoms in total. The summed E-state index contributed by atoms with van der Waals surface area (Å²) in [6.45, 7) is 9.95. The fourth-order valence-electron chi connectivity index (χ4n) is 2.92. The summed E-state index contributed by atoms with van der Waals surface area (Å²) in [5, 5.41) is 0. The first-order valence-electron chi connectivity index (χ1n) is 6.75. The van der Waals surface area contributed by atoms with Gasteiger partial charge in [0.1, 0.15) is 0 Å². The summed E-state index contributed by atoms with van der Waals surface area (Å²) >= 11 is 0. The van der Waals surface area contributed by atoms with Crippen LogP contribution in [0, 0.1) is 5.92 Å². The van der Waals surface area contributed by atoms with E-state index in [-0.39, 0.29) is 5.41 Å². The maximum atomic E-state index is 5.94. The quantitative estimate of drug-likeness (QED) is 0.785. The molecule has 0 aliphatic heterocycles. The SMILES string of the molecule is CC1Cc2ccc(C(C)(C)C)cc2C(CN)C1. The van der Waals surface area contributed by atoms with Gasteiger partial charge in [-0.1, -0.05) is 45.9 Å². The van der Waals surface area contributed by atoms with Gasteiger partial charge in [-0.2, -0.15) is 0 Å². The van der Waals surface area contributed by atoms with Crippen LogP contribution in [-0.4, -0.2) is 6.54 Å². The van der Waals surface area contributed by atoms with Gasteiger partial charge in [0.25, 0.3) is 0 Å². The van der Waals surface area contributed by atoms with Gasteiger partial charge in [-0.25, -0.2) is 0 Å². The predicted molar refractivity (Wildman–Crippen MR) is 74.4 cm³/mol. The van der Waals surface area contributed by atoms with E-state index < -0.39 is 0 Å². The highest BCUT2D eigenvalue weighted by molar-refractivity contribution is 5.39. The third-order valence-electron chi connectivity index (χ3n) is 3.99. The Labute approximate surface area is 105 Å². The molecule has 1 aromatic carbocycles. The molecule has 2 unspecified atom stereocenters. The van der Waals surface area contributed by atoms with E-state index in [1.54, 1.807) is 0 Å². The maximum absolute atomic E-state index is 5.94. The molecule has 2 N–H and O–H groups in total. The normalized spacial score (nSPS) is 24.5. The Kier molecular flexibility index (Phi) is 3.31. The summed E-state index contributed by atoms with van der Waals surface area (Å²) in [4.78, 5) is 0. The molecule has 0 bridgehead atoms. The van der Waals surface area contributed by atoms with Crippen molar-refractivity contribution in [2.75, 3.05) is 6.54 Å². The second-order valence-electron chi connectivity index (χ2n) is 6.64. The van der Waals surface area contributed by atoms with Gasteiger partial charge in [0.15, 0.2) is 0 Å². The van der Waals surface area contributed by atoms with Gasteiger partial charge in [-0.05, 0) is 53.3 Å². The molecule has 0 saturated heterocycles. The molecule has 0 heterocycles. The van der Waals surface area contributed by atoms with E-state index in [2.05, 4.69) is 45.9 Å². The summed E-state index contributed by atoms with van der Waals surface area (Å²) in [6.07, 6.45) is 2.47. The number of hydrogen-bond donors (Lipinski definition) is 1. The summed E-state index contributed by atoms with van der Waals surface area (Å²) in [7, 11) is 0. The molecule has 2 rings (SSSR count). The van der Waals surface area contributed by atoms with Crippen LogP contribution in [-0.2, 0) is 11.8 Å². The van der Waals surface area contributed by atoms with Crippen LogP contribution < -0.4 is 5.73 Å². The van der Waals surface area contributed by atoms with Crippen molar-refractivity contribution >= 4 is 0 Å². The van der Waals surface area contributed by atoms with Crippen LogP contribution in [0.5, 0.6) is 0 Å². The predicted octanol–water partition coefficient (Wildman–Crippen LogP) is 3.61. The molecular weight excluding hydrogens is 206 g/mol. The van der Waals surface area contributed by atoms with Crippen LogP contribution in [0.3, 0.4) is 0 Å². The highest BCUT2D eigenvalue weighted by atomic mass is 14.6. The number of hydrogen-bond acceptors (Lipinski definition) is 1. The van der Waals surface area contributed by atoms with E-state index in [0.29, 0.717) is 5.92 Å². The molecule has 1 aromatic rings. The van der Waals surface area contributed by atoms with Gasteiger partial charge in [-0.3, -0.25) is 0 Å². The molecule has 17 heavy (non-hydrogen) atoms. The van der Waals surface area contributed by atoms with Crippen molar-refractivity contribution in [2.24, 2.45) is 11.7 Å². The van der Waals surface area contributed by atoms with Crippen LogP contribution in [0.4, 0.5) is 0 Å². The second-order valence-corrected chi connectivity index (χ2v) is 6.64. The average Bonchev–Trinajstić information content (AvgIpc) is 2.25. The Morgan fingerprint density at radius 1 is 1.29 bits per heavy atom. The molecular formula is C16H25N. The van der Waals surface area contributed by atoms with E-state index in [1.807, 2.05) is 0 Å². The molecule has 2 atom stereocenters. The minimum atomic E-state index is 0.233. The summed E-state index contributed by atoms with van der Waals surface area (Å²) < 4.78 is 0. The lowest BCUT2D eigenvalue weighted by Gasteiger charge is -2.31. The van der Waals surface area contributed by atoms with Gasteiger partial charge in [0.2, 0.25) is 0 Å². The highest BCUT2D eigenvalue weighted by Crippen LogP contribution is 2.36. The molecule has 1 heteroatoms. The van der Waals surface area contributed by atoms with E-state index >= 15 is 0 Å². The van der Waals surface area contributed by atoms with Crippen LogP contribution >= 0.6 is 0 Å². The Morgan fingerprint density at radius 3 is 2.59 bits per heavy atom. The zero-order valence-corrected chi connectivity index (χ0v) is 11.6. The lowest BCUT2D eigenvalue weighted by atomic mass is 9.75. The number of rotatable bonds is 1. The lowest BCUT2D eigenvalue weighted by Crippen LogP contribution is -2.24. The van der Waals surface area contributed by atoms with Crippen molar-refractivity contribution < 1.29 is 0 Å². The topological polar surface area (TPSA) is 26.0 Å². The van der Waals surface area contributed by atoms with Crippen LogP contribution in [0.25, 0.3) is 0 Å². The van der Waals surface area contributed by atoms with Gasteiger partial charge in [0, 0.05) is 0 Å². The van der Waals surface area contributed by atoms with Crippen molar-refractivity contribution in [2.45, 2.75) is 51.9 Å². The fraction of sp³-hybridized carbons (Fsp3) is 0.625. The average molecular weight is 231 g/mol. The number of benzene rings is 1. The van der Waals surface area contributed by atoms with Gasteiger partial charge < -0.3 is 5.73 Å². The van der Waals surface area contributed by atoms with Crippen molar-refractivity contribution in [3.8, 4) is 0 Å². The smallest absolute Gasteiger partial charge is 0.000803 e. The summed E-state index contributed by atoms with van der Waals surface area (Å²) in [5.74, 6) is 1.34. The molecule has 0 spiro atoms. The van der Waals surface area contributed by atoms with E-state index in [4.69, 9.17) is 5.73 Å². The van der Waals surface area contributed by atoms with Crippen LogP contribution in [0.1, 0.15) is 56.7 Å². The van der Waals surface area contributed by atoms with Gasteiger partial charge in [0.05, 0.1) is 0 Å². The molecule has 1 aliphatic carbocycles. The molecule has 0 aromatic heterocycles. The first-order valence-corrected chi connectivity index (χ1v) is 6.75. The van der Waals surface area contributed by atoms with Crippen LogP contribution in [0.15, 0.2) is 18.2 Å². The zero-order chi connectivity index (χ0) is 12.6. The van der Waals surface area contributed by atoms with Crippen molar-refractivity contribution in [3.05, 3.63) is 34.9 Å². The molecule has 0 fully saturated rings. The fourth-order valence-corrected chi connectivity index (χ4v) is 2.92. The summed E-state index contributed by atoms with van der Waals surface area (Å²) in [6, 6.07) is 7.03. The lowest BCUT2D eigenvalue weighted by molar-refractivity contribution is 0.434. The first-order chi connectivity index (χ1) is 7.91. The molecule has 94 valence electrons. The molecule has 0 amide bonds. The van der Waals surface area contributed by atoms with Crippen molar-refractivity contribution in [3.63, 3.8) is 0 Å². The van der Waals surface area contributed by atoms with Gasteiger partial charge in [-0.15, -0.1) is 0 Å². The van der Waals surface area contributed by atoms with Crippen molar-refractivity contribution in [1.82, 2.24) is 0 Å². The Bertz CT molecular complexity index is 400. The molecule has 0 saturated carbocycles. The standard InChI is InChI=1S/C16H25N/c1-11-7-12-5-6-14(16(2,3)4)9-15(12)13(8-11)10-17/h5-6,9,11,13H,7-8,10,17H2,1-4H3. The largest absolute Gasteiger partial charge is 0.330 e. The molecule has 1 aliphatic rings. The van der Waals surface area contributed by atoms with E-state index in [9.17, 15) is 0 Å². The number of fused-ring (bicyclic) bond motifs is 1. The zero-order valence-electron chi connectivity index (χ0n) is 11.6. The summed E-state index contributed by atoms with van der Waals surface area (Å²) in [5.41, 5.74) is 10.6. The van der Waals surface area contributed by atoms with Gasteiger partial charge >= 0.3 is 0 Å². The minimum Gasteiger partial charge on any atom is -0.330 e. The van der Waals surface area contributed by atoms with E-state index in [0.717, 1.165) is 12.5 Å². The van der Waals surface area contributed by atoms with Crippen molar-refractivity contribution in [1.29, 1.82) is 0 Å².